The van der Waals surface area contributed by atoms with Crippen LogP contribution in [0.2, 0.25) is 5.15 Å². The number of hydrogen-bond acceptors (Lipinski definition) is 4. The molecule has 3 aromatic rings. The van der Waals surface area contributed by atoms with Gasteiger partial charge in [-0.3, -0.25) is 9.58 Å². The number of aromatic nitrogens is 5. The van der Waals surface area contributed by atoms with Crippen LogP contribution in [0.3, 0.4) is 0 Å². The fourth-order valence-electron chi connectivity index (χ4n) is 3.40. The molecule has 4 rings (SSSR count). The van der Waals surface area contributed by atoms with E-state index < -0.39 is 0 Å². The summed E-state index contributed by atoms with van der Waals surface area (Å²) in [5, 5.41) is 14.0. The predicted octanol–water partition coefficient (Wildman–Crippen LogP) is 2.70. The van der Waals surface area contributed by atoms with Gasteiger partial charge in [-0.2, -0.15) is 5.10 Å². The van der Waals surface area contributed by atoms with Crippen molar-refractivity contribution in [3.05, 3.63) is 52.6 Å². The van der Waals surface area contributed by atoms with Crippen molar-refractivity contribution in [2.75, 3.05) is 13.1 Å². The van der Waals surface area contributed by atoms with Crippen LogP contribution in [-0.2, 0) is 26.6 Å². The first-order chi connectivity index (χ1) is 12.1. The van der Waals surface area contributed by atoms with E-state index in [1.807, 2.05) is 32.2 Å². The summed E-state index contributed by atoms with van der Waals surface area (Å²) in [7, 11) is 1.88. The van der Waals surface area contributed by atoms with Crippen molar-refractivity contribution in [1.82, 2.24) is 29.4 Å². The number of hydrogen-bond donors (Lipinski definition) is 0. The average Bonchev–Trinajstić information content (AvgIpc) is 3.05. The molecule has 130 valence electrons. The Bertz CT molecular complexity index is 883. The third kappa shape index (κ3) is 3.07. The molecular weight excluding hydrogens is 336 g/mol. The van der Waals surface area contributed by atoms with Crippen LogP contribution in [0.25, 0.3) is 11.4 Å². The minimum absolute atomic E-state index is 0.728. The standard InChI is InChI=1S/C18H21ClN6/c1-13-15(17(19)23(2)22-13)12-24-9-8-16-20-21-18(25(16)11-10-24)14-6-4-3-5-7-14/h3-7H,8-12H2,1-2H3. The lowest BCUT2D eigenvalue weighted by molar-refractivity contribution is 0.271. The zero-order valence-electron chi connectivity index (χ0n) is 14.5. The molecule has 0 bridgehead atoms. The summed E-state index contributed by atoms with van der Waals surface area (Å²) in [5.41, 5.74) is 3.23. The van der Waals surface area contributed by atoms with Crippen LogP contribution in [0.15, 0.2) is 30.3 Å². The second kappa shape index (κ2) is 6.61. The van der Waals surface area contributed by atoms with E-state index in [4.69, 9.17) is 11.6 Å². The van der Waals surface area contributed by atoms with Crippen molar-refractivity contribution in [2.45, 2.75) is 26.4 Å². The third-order valence-electron chi connectivity index (χ3n) is 4.80. The van der Waals surface area contributed by atoms with Gasteiger partial charge >= 0.3 is 0 Å². The molecular formula is C18H21ClN6. The number of nitrogens with zero attached hydrogens (tertiary/aromatic N) is 6. The molecule has 25 heavy (non-hydrogen) atoms. The maximum Gasteiger partial charge on any atom is 0.164 e. The van der Waals surface area contributed by atoms with E-state index in [1.165, 1.54) is 0 Å². The molecule has 0 spiro atoms. The zero-order valence-corrected chi connectivity index (χ0v) is 15.2. The Labute approximate surface area is 152 Å². The molecule has 3 heterocycles. The van der Waals surface area contributed by atoms with Crippen molar-refractivity contribution < 1.29 is 0 Å². The van der Waals surface area contributed by atoms with Crippen molar-refractivity contribution >= 4 is 11.6 Å². The molecule has 0 aliphatic carbocycles. The molecule has 0 saturated carbocycles. The molecule has 0 saturated heterocycles. The summed E-state index contributed by atoms with van der Waals surface area (Å²) in [6.07, 6.45) is 0.886. The normalized spacial score (nSPS) is 15.2. The third-order valence-corrected chi connectivity index (χ3v) is 5.28. The lowest BCUT2D eigenvalue weighted by atomic mass is 10.2. The van der Waals surface area contributed by atoms with Gasteiger partial charge in [0.1, 0.15) is 11.0 Å². The summed E-state index contributed by atoms with van der Waals surface area (Å²) in [5.74, 6) is 2.00. The highest BCUT2D eigenvalue weighted by molar-refractivity contribution is 6.30. The summed E-state index contributed by atoms with van der Waals surface area (Å²) in [6, 6.07) is 10.3. The topological polar surface area (TPSA) is 51.8 Å². The first kappa shape index (κ1) is 16.3. The minimum atomic E-state index is 0.728. The van der Waals surface area contributed by atoms with Crippen molar-refractivity contribution in [2.24, 2.45) is 7.05 Å². The molecule has 0 N–H and O–H groups in total. The van der Waals surface area contributed by atoms with Gasteiger partial charge in [0.05, 0.1) is 5.69 Å². The molecule has 7 heteroatoms. The quantitative estimate of drug-likeness (QED) is 0.724. The van der Waals surface area contributed by atoms with Crippen LogP contribution in [0.4, 0.5) is 0 Å². The Morgan fingerprint density at radius 3 is 2.60 bits per heavy atom. The second-order valence-electron chi connectivity index (χ2n) is 6.46. The minimum Gasteiger partial charge on any atom is -0.310 e. The molecule has 0 unspecified atom stereocenters. The Morgan fingerprint density at radius 2 is 1.88 bits per heavy atom. The van der Waals surface area contributed by atoms with E-state index in [-0.39, 0.29) is 0 Å². The number of fused-ring (bicyclic) bond motifs is 1. The van der Waals surface area contributed by atoms with Crippen LogP contribution in [0.1, 0.15) is 17.1 Å². The van der Waals surface area contributed by atoms with E-state index in [0.717, 1.165) is 66.2 Å². The highest BCUT2D eigenvalue weighted by Gasteiger charge is 2.21. The van der Waals surface area contributed by atoms with E-state index in [0.29, 0.717) is 0 Å². The number of benzene rings is 1. The highest BCUT2D eigenvalue weighted by Crippen LogP contribution is 2.23. The number of aryl methyl sites for hydroxylation is 2. The second-order valence-corrected chi connectivity index (χ2v) is 6.82. The van der Waals surface area contributed by atoms with Crippen LogP contribution >= 0.6 is 11.6 Å². The number of rotatable bonds is 3. The molecule has 1 aliphatic rings. The van der Waals surface area contributed by atoms with Gasteiger partial charge in [0.2, 0.25) is 0 Å². The van der Waals surface area contributed by atoms with Gasteiger partial charge in [0, 0.05) is 50.8 Å². The highest BCUT2D eigenvalue weighted by atomic mass is 35.5. The first-order valence-corrected chi connectivity index (χ1v) is 8.89. The average molecular weight is 357 g/mol. The molecule has 1 aromatic carbocycles. The molecule has 0 atom stereocenters. The molecule has 0 fully saturated rings. The van der Waals surface area contributed by atoms with E-state index >= 15 is 0 Å². The lowest BCUT2D eigenvalue weighted by Gasteiger charge is -2.19. The summed E-state index contributed by atoms with van der Waals surface area (Å²) in [4.78, 5) is 2.42. The molecule has 1 aliphatic heterocycles. The fraction of sp³-hybridized carbons (Fsp3) is 0.389. The predicted molar refractivity (Wildman–Crippen MR) is 97.4 cm³/mol. The SMILES string of the molecule is Cc1nn(C)c(Cl)c1CN1CCc2nnc(-c3ccccc3)n2CC1. The van der Waals surface area contributed by atoms with E-state index in [9.17, 15) is 0 Å². The number of halogens is 1. The van der Waals surface area contributed by atoms with Crippen LogP contribution < -0.4 is 0 Å². The van der Waals surface area contributed by atoms with Crippen LogP contribution in [-0.4, -0.2) is 42.5 Å². The van der Waals surface area contributed by atoms with Crippen molar-refractivity contribution in [3.8, 4) is 11.4 Å². The van der Waals surface area contributed by atoms with Gasteiger partial charge in [-0.1, -0.05) is 41.9 Å². The maximum absolute atomic E-state index is 6.39. The Balaban J connectivity index is 1.54. The Kier molecular flexibility index (Phi) is 4.31. The Hall–Kier alpha value is -2.18. The lowest BCUT2D eigenvalue weighted by Crippen LogP contribution is -2.27. The van der Waals surface area contributed by atoms with Crippen molar-refractivity contribution in [1.29, 1.82) is 0 Å². The molecule has 0 radical (unpaired) electrons. The van der Waals surface area contributed by atoms with Crippen LogP contribution in [0, 0.1) is 6.92 Å². The Morgan fingerprint density at radius 1 is 1.08 bits per heavy atom. The summed E-state index contributed by atoms with van der Waals surface area (Å²) in [6.45, 7) is 5.59. The molecule has 0 amide bonds. The van der Waals surface area contributed by atoms with Gasteiger partial charge in [0.15, 0.2) is 5.82 Å². The van der Waals surface area contributed by atoms with Gasteiger partial charge in [-0.05, 0) is 6.92 Å². The van der Waals surface area contributed by atoms with E-state index in [2.05, 4.69) is 36.9 Å². The van der Waals surface area contributed by atoms with E-state index in [1.54, 1.807) is 4.68 Å². The first-order valence-electron chi connectivity index (χ1n) is 8.51. The van der Waals surface area contributed by atoms with Gasteiger partial charge < -0.3 is 4.57 Å². The van der Waals surface area contributed by atoms with Gasteiger partial charge in [-0.15, -0.1) is 10.2 Å². The van der Waals surface area contributed by atoms with Gasteiger partial charge in [0.25, 0.3) is 0 Å². The van der Waals surface area contributed by atoms with Crippen LogP contribution in [0.5, 0.6) is 0 Å². The van der Waals surface area contributed by atoms with Gasteiger partial charge in [-0.25, -0.2) is 0 Å². The molecule has 6 nitrogen and oxygen atoms in total. The fourth-order valence-corrected chi connectivity index (χ4v) is 3.64. The zero-order chi connectivity index (χ0) is 17.4. The monoisotopic (exact) mass is 356 g/mol. The van der Waals surface area contributed by atoms with Crippen molar-refractivity contribution in [3.63, 3.8) is 0 Å². The smallest absolute Gasteiger partial charge is 0.164 e. The molecule has 2 aromatic heterocycles. The summed E-state index contributed by atoms with van der Waals surface area (Å²) < 4.78 is 3.99. The largest absolute Gasteiger partial charge is 0.310 e. The maximum atomic E-state index is 6.39. The summed E-state index contributed by atoms with van der Waals surface area (Å²) >= 11 is 6.39.